The van der Waals surface area contributed by atoms with Crippen molar-refractivity contribution in [1.29, 1.82) is 0 Å². The van der Waals surface area contributed by atoms with Gasteiger partial charge in [-0.15, -0.1) is 0 Å². The molecular formula is C21H33N3O2. The number of piperazine rings is 1. The fraction of sp³-hybridized carbons (Fsp3) is 0.667. The van der Waals surface area contributed by atoms with Gasteiger partial charge in [-0.3, -0.25) is 9.69 Å². The standard InChI is InChI=1S/C21H33N3O2/c1-22-12-6-5-8-19(22)10-11-21(25)24-15-13-23(14-16-24)17-18-7-3-4-9-20(18)26-2/h3-4,7,9,19H,5-6,8,10-17H2,1-2H3. The number of para-hydroxylation sites is 1. The van der Waals surface area contributed by atoms with Crippen LogP contribution in [0.25, 0.3) is 0 Å². The largest absolute Gasteiger partial charge is 0.496 e. The summed E-state index contributed by atoms with van der Waals surface area (Å²) in [5.41, 5.74) is 1.22. The Morgan fingerprint density at radius 1 is 1.12 bits per heavy atom. The van der Waals surface area contributed by atoms with Crippen LogP contribution in [-0.2, 0) is 11.3 Å². The molecule has 2 aliphatic rings. The van der Waals surface area contributed by atoms with Crippen LogP contribution in [0.5, 0.6) is 5.75 Å². The quantitative estimate of drug-likeness (QED) is 0.782. The Labute approximate surface area is 157 Å². The highest BCUT2D eigenvalue weighted by Crippen LogP contribution is 2.21. The highest BCUT2D eigenvalue weighted by atomic mass is 16.5. The molecule has 2 saturated heterocycles. The third-order valence-electron chi connectivity index (χ3n) is 5.92. The van der Waals surface area contributed by atoms with Crippen molar-refractivity contribution in [1.82, 2.24) is 14.7 Å². The molecule has 144 valence electrons. The molecule has 0 aromatic heterocycles. The highest BCUT2D eigenvalue weighted by Gasteiger charge is 2.24. The normalized spacial score (nSPS) is 22.4. The average molecular weight is 360 g/mol. The maximum Gasteiger partial charge on any atom is 0.222 e. The molecule has 1 amide bonds. The number of ether oxygens (including phenoxy) is 1. The molecule has 2 heterocycles. The van der Waals surface area contributed by atoms with Crippen LogP contribution >= 0.6 is 0 Å². The van der Waals surface area contributed by atoms with E-state index in [0.29, 0.717) is 18.4 Å². The lowest BCUT2D eigenvalue weighted by Crippen LogP contribution is -2.48. The topological polar surface area (TPSA) is 36.0 Å². The van der Waals surface area contributed by atoms with Crippen LogP contribution in [0, 0.1) is 0 Å². The second-order valence-corrected chi connectivity index (χ2v) is 7.64. The summed E-state index contributed by atoms with van der Waals surface area (Å²) < 4.78 is 5.45. The van der Waals surface area contributed by atoms with Crippen LogP contribution in [0.15, 0.2) is 24.3 Å². The van der Waals surface area contributed by atoms with Crippen LogP contribution in [0.4, 0.5) is 0 Å². The van der Waals surface area contributed by atoms with Gasteiger partial charge in [-0.05, 0) is 38.9 Å². The second kappa shape index (κ2) is 9.38. The van der Waals surface area contributed by atoms with E-state index in [-0.39, 0.29) is 0 Å². The summed E-state index contributed by atoms with van der Waals surface area (Å²) in [4.78, 5) is 19.5. The molecule has 0 N–H and O–H groups in total. The number of likely N-dealkylation sites (tertiary alicyclic amines) is 1. The van der Waals surface area contributed by atoms with E-state index >= 15 is 0 Å². The van der Waals surface area contributed by atoms with Gasteiger partial charge in [0.1, 0.15) is 5.75 Å². The molecule has 0 aliphatic carbocycles. The van der Waals surface area contributed by atoms with E-state index in [1.807, 2.05) is 12.1 Å². The Balaban J connectivity index is 1.42. The Kier molecular flexibility index (Phi) is 6.92. The third-order valence-corrected chi connectivity index (χ3v) is 5.92. The summed E-state index contributed by atoms with van der Waals surface area (Å²) in [6.45, 7) is 5.63. The van der Waals surface area contributed by atoms with Gasteiger partial charge in [0, 0.05) is 50.7 Å². The molecule has 0 saturated carbocycles. The maximum absolute atomic E-state index is 12.6. The maximum atomic E-state index is 12.6. The predicted molar refractivity (Wildman–Crippen MR) is 104 cm³/mol. The van der Waals surface area contributed by atoms with Gasteiger partial charge in [0.2, 0.25) is 5.91 Å². The zero-order valence-corrected chi connectivity index (χ0v) is 16.3. The van der Waals surface area contributed by atoms with Crippen LogP contribution in [0.2, 0.25) is 0 Å². The van der Waals surface area contributed by atoms with Crippen LogP contribution in [-0.4, -0.2) is 73.5 Å². The van der Waals surface area contributed by atoms with Crippen LogP contribution in [0.3, 0.4) is 0 Å². The predicted octanol–water partition coefficient (Wildman–Crippen LogP) is 2.60. The van der Waals surface area contributed by atoms with Gasteiger partial charge in [-0.1, -0.05) is 24.6 Å². The lowest BCUT2D eigenvalue weighted by molar-refractivity contribution is -0.133. The van der Waals surface area contributed by atoms with E-state index in [4.69, 9.17) is 4.74 Å². The Morgan fingerprint density at radius 2 is 1.88 bits per heavy atom. The number of benzene rings is 1. The number of rotatable bonds is 6. The molecule has 2 fully saturated rings. The molecule has 5 heteroatoms. The van der Waals surface area contributed by atoms with Crippen molar-refractivity contribution < 1.29 is 9.53 Å². The highest BCUT2D eigenvalue weighted by molar-refractivity contribution is 5.76. The zero-order valence-electron chi connectivity index (χ0n) is 16.3. The average Bonchev–Trinajstić information content (AvgIpc) is 2.68. The summed E-state index contributed by atoms with van der Waals surface area (Å²) in [5.74, 6) is 1.28. The third kappa shape index (κ3) is 4.98. The molecule has 3 rings (SSSR count). The minimum atomic E-state index is 0.334. The molecule has 1 unspecified atom stereocenters. The second-order valence-electron chi connectivity index (χ2n) is 7.64. The summed E-state index contributed by atoms with van der Waals surface area (Å²) in [6, 6.07) is 8.79. The molecule has 1 aromatic rings. The SMILES string of the molecule is COc1ccccc1CN1CCN(C(=O)CCC2CCCCN2C)CC1. The Bertz CT molecular complexity index is 584. The molecule has 1 atom stereocenters. The van der Waals surface area contributed by atoms with Gasteiger partial charge in [-0.2, -0.15) is 0 Å². The number of piperidine rings is 1. The number of carbonyl (C=O) groups is 1. The van der Waals surface area contributed by atoms with Gasteiger partial charge in [-0.25, -0.2) is 0 Å². The first-order chi connectivity index (χ1) is 12.7. The fourth-order valence-corrected chi connectivity index (χ4v) is 4.19. The molecular weight excluding hydrogens is 326 g/mol. The van der Waals surface area contributed by atoms with E-state index in [1.165, 1.54) is 31.4 Å². The molecule has 2 aliphatic heterocycles. The van der Waals surface area contributed by atoms with Crippen LogP contribution < -0.4 is 4.74 Å². The number of hydrogen-bond donors (Lipinski definition) is 0. The van der Waals surface area contributed by atoms with Gasteiger partial charge in [0.25, 0.3) is 0 Å². The van der Waals surface area contributed by atoms with Crippen molar-refractivity contribution in [3.05, 3.63) is 29.8 Å². The van der Waals surface area contributed by atoms with E-state index in [2.05, 4.69) is 33.9 Å². The van der Waals surface area contributed by atoms with Gasteiger partial charge < -0.3 is 14.5 Å². The lowest BCUT2D eigenvalue weighted by atomic mass is 9.98. The van der Waals surface area contributed by atoms with Crippen molar-refractivity contribution in [2.75, 3.05) is 46.9 Å². The number of amides is 1. The first kappa shape index (κ1) is 19.2. The first-order valence-corrected chi connectivity index (χ1v) is 9.99. The Morgan fingerprint density at radius 3 is 2.62 bits per heavy atom. The molecule has 26 heavy (non-hydrogen) atoms. The first-order valence-electron chi connectivity index (χ1n) is 9.99. The Hall–Kier alpha value is -1.59. The molecule has 0 spiro atoms. The minimum absolute atomic E-state index is 0.334. The van der Waals surface area contributed by atoms with Crippen molar-refractivity contribution in [2.45, 2.75) is 44.7 Å². The van der Waals surface area contributed by atoms with E-state index in [9.17, 15) is 4.79 Å². The number of hydrogen-bond acceptors (Lipinski definition) is 4. The molecule has 0 bridgehead atoms. The van der Waals surface area contributed by atoms with Crippen molar-refractivity contribution in [2.24, 2.45) is 0 Å². The number of carbonyl (C=O) groups excluding carboxylic acids is 1. The van der Waals surface area contributed by atoms with E-state index in [0.717, 1.165) is 44.9 Å². The number of nitrogens with zero attached hydrogens (tertiary/aromatic N) is 3. The lowest BCUT2D eigenvalue weighted by Gasteiger charge is -2.36. The minimum Gasteiger partial charge on any atom is -0.496 e. The smallest absolute Gasteiger partial charge is 0.222 e. The monoisotopic (exact) mass is 359 g/mol. The fourth-order valence-electron chi connectivity index (χ4n) is 4.19. The summed E-state index contributed by atoms with van der Waals surface area (Å²) in [6.07, 6.45) is 5.56. The summed E-state index contributed by atoms with van der Waals surface area (Å²) in [7, 11) is 3.92. The van der Waals surface area contributed by atoms with Crippen molar-refractivity contribution >= 4 is 5.91 Å². The van der Waals surface area contributed by atoms with Crippen molar-refractivity contribution in [3.8, 4) is 5.75 Å². The van der Waals surface area contributed by atoms with Gasteiger partial charge in [0.15, 0.2) is 0 Å². The van der Waals surface area contributed by atoms with Crippen molar-refractivity contribution in [3.63, 3.8) is 0 Å². The summed E-state index contributed by atoms with van der Waals surface area (Å²) in [5, 5.41) is 0. The van der Waals surface area contributed by atoms with E-state index < -0.39 is 0 Å². The summed E-state index contributed by atoms with van der Waals surface area (Å²) >= 11 is 0. The molecule has 0 radical (unpaired) electrons. The molecule has 1 aromatic carbocycles. The van der Waals surface area contributed by atoms with Gasteiger partial charge in [0.05, 0.1) is 7.11 Å². The van der Waals surface area contributed by atoms with Gasteiger partial charge >= 0.3 is 0 Å². The zero-order chi connectivity index (χ0) is 18.4. The molecule has 5 nitrogen and oxygen atoms in total. The number of methoxy groups -OCH3 is 1. The van der Waals surface area contributed by atoms with E-state index in [1.54, 1.807) is 7.11 Å². The van der Waals surface area contributed by atoms with Crippen LogP contribution in [0.1, 0.15) is 37.7 Å².